The number of aromatic nitrogens is 1. The SMILES string of the molecule is c1ccc(-c2ccc(CNCc3ccc(-n4c5ccccc5c5cc6ccccc6cc54)c4ccccc34)cc2)cc1. The number of rotatable bonds is 6. The molecule has 0 bridgehead atoms. The molecular weight excluding hydrogens is 508 g/mol. The van der Waals surface area contributed by atoms with Crippen LogP contribution in [-0.2, 0) is 13.1 Å². The van der Waals surface area contributed by atoms with Gasteiger partial charge < -0.3 is 9.88 Å². The molecule has 0 aliphatic heterocycles. The van der Waals surface area contributed by atoms with E-state index in [-0.39, 0.29) is 0 Å². The number of hydrogen-bond acceptors (Lipinski definition) is 1. The number of para-hydroxylation sites is 1. The number of nitrogens with zero attached hydrogens (tertiary/aromatic N) is 1. The van der Waals surface area contributed by atoms with Gasteiger partial charge in [0.15, 0.2) is 0 Å². The fourth-order valence-corrected chi connectivity index (χ4v) is 6.40. The molecule has 0 radical (unpaired) electrons. The average Bonchev–Trinajstić information content (AvgIpc) is 3.37. The van der Waals surface area contributed by atoms with Crippen LogP contribution < -0.4 is 5.32 Å². The summed E-state index contributed by atoms with van der Waals surface area (Å²) in [7, 11) is 0. The quantitative estimate of drug-likeness (QED) is 0.223. The van der Waals surface area contributed by atoms with Crippen LogP contribution in [0.5, 0.6) is 0 Å². The molecule has 7 aromatic carbocycles. The molecule has 0 saturated carbocycles. The van der Waals surface area contributed by atoms with Crippen molar-refractivity contribution in [3.63, 3.8) is 0 Å². The van der Waals surface area contributed by atoms with E-state index < -0.39 is 0 Å². The Kier molecular flexibility index (Phi) is 6.05. The summed E-state index contributed by atoms with van der Waals surface area (Å²) < 4.78 is 2.45. The van der Waals surface area contributed by atoms with E-state index in [2.05, 4.69) is 162 Å². The Hall–Kier alpha value is -5.18. The maximum absolute atomic E-state index is 3.70. The number of benzene rings is 7. The molecule has 1 N–H and O–H groups in total. The van der Waals surface area contributed by atoms with E-state index in [0.29, 0.717) is 0 Å². The normalized spacial score (nSPS) is 11.6. The largest absolute Gasteiger partial charge is 0.309 e. The fraction of sp³-hybridized carbons (Fsp3) is 0.0500. The molecule has 8 aromatic rings. The molecule has 0 spiro atoms. The van der Waals surface area contributed by atoms with E-state index in [1.54, 1.807) is 0 Å². The Balaban J connectivity index is 1.15. The molecule has 8 rings (SSSR count). The predicted molar refractivity (Wildman–Crippen MR) is 178 cm³/mol. The second kappa shape index (κ2) is 10.3. The lowest BCUT2D eigenvalue weighted by Crippen LogP contribution is -2.13. The molecule has 0 aliphatic carbocycles. The third-order valence-electron chi connectivity index (χ3n) is 8.48. The van der Waals surface area contributed by atoms with Gasteiger partial charge in [-0.3, -0.25) is 0 Å². The van der Waals surface area contributed by atoms with Gasteiger partial charge in [0.1, 0.15) is 0 Å². The van der Waals surface area contributed by atoms with Crippen molar-refractivity contribution < 1.29 is 0 Å². The third kappa shape index (κ3) is 4.25. The lowest BCUT2D eigenvalue weighted by Gasteiger charge is -2.15. The van der Waals surface area contributed by atoms with Gasteiger partial charge in [-0.2, -0.15) is 0 Å². The summed E-state index contributed by atoms with van der Waals surface area (Å²) in [6.45, 7) is 1.63. The van der Waals surface area contributed by atoms with Crippen LogP contribution in [0.2, 0.25) is 0 Å². The van der Waals surface area contributed by atoms with Crippen molar-refractivity contribution in [2.24, 2.45) is 0 Å². The number of hydrogen-bond donors (Lipinski definition) is 1. The van der Waals surface area contributed by atoms with Gasteiger partial charge in [-0.05, 0) is 62.7 Å². The Bertz CT molecular complexity index is 2210. The van der Waals surface area contributed by atoms with Crippen molar-refractivity contribution >= 4 is 43.4 Å². The molecule has 42 heavy (non-hydrogen) atoms. The van der Waals surface area contributed by atoms with Crippen molar-refractivity contribution in [1.82, 2.24) is 9.88 Å². The summed E-state index contributed by atoms with van der Waals surface area (Å²) >= 11 is 0. The van der Waals surface area contributed by atoms with Gasteiger partial charge in [-0.1, -0.05) is 127 Å². The standard InChI is InChI=1S/C40H30N2/c1-2-10-29(11-3-1)30-20-18-28(19-21-30)26-41-27-33-22-23-39(35-15-7-6-14-34(33)35)42-38-17-9-8-16-36(38)37-24-31-12-4-5-13-32(31)25-40(37)42/h1-25,41H,26-27H2. The monoisotopic (exact) mass is 538 g/mol. The third-order valence-corrected chi connectivity index (χ3v) is 8.48. The first-order valence-corrected chi connectivity index (χ1v) is 14.6. The second-order valence-corrected chi connectivity index (χ2v) is 11.0. The van der Waals surface area contributed by atoms with E-state index in [1.807, 2.05) is 0 Å². The summed E-state index contributed by atoms with van der Waals surface area (Å²) in [5.74, 6) is 0. The molecule has 0 aliphatic rings. The molecule has 2 nitrogen and oxygen atoms in total. The first-order valence-electron chi connectivity index (χ1n) is 14.6. The lowest BCUT2D eigenvalue weighted by molar-refractivity contribution is 0.696. The van der Waals surface area contributed by atoms with Gasteiger partial charge in [0.25, 0.3) is 0 Å². The molecule has 1 aromatic heterocycles. The molecule has 0 atom stereocenters. The van der Waals surface area contributed by atoms with Gasteiger partial charge >= 0.3 is 0 Å². The highest BCUT2D eigenvalue weighted by molar-refractivity contribution is 6.14. The van der Waals surface area contributed by atoms with Crippen LogP contribution in [-0.4, -0.2) is 4.57 Å². The van der Waals surface area contributed by atoms with Crippen molar-refractivity contribution in [2.45, 2.75) is 13.1 Å². The van der Waals surface area contributed by atoms with Crippen LogP contribution >= 0.6 is 0 Å². The Morgan fingerprint density at radius 3 is 1.88 bits per heavy atom. The smallest absolute Gasteiger partial charge is 0.0547 e. The summed E-state index contributed by atoms with van der Waals surface area (Å²) in [6, 6.07) is 55.0. The summed E-state index contributed by atoms with van der Waals surface area (Å²) in [5, 5.41) is 11.4. The zero-order valence-corrected chi connectivity index (χ0v) is 23.3. The maximum atomic E-state index is 3.70. The molecule has 200 valence electrons. The lowest BCUT2D eigenvalue weighted by atomic mass is 10.0. The van der Waals surface area contributed by atoms with Gasteiger partial charge in [-0.15, -0.1) is 0 Å². The van der Waals surface area contributed by atoms with Crippen molar-refractivity contribution in [2.75, 3.05) is 0 Å². The molecule has 0 fully saturated rings. The van der Waals surface area contributed by atoms with Gasteiger partial charge in [0.05, 0.1) is 16.7 Å². The first-order chi connectivity index (χ1) is 20.8. The summed E-state index contributed by atoms with van der Waals surface area (Å²) in [6.07, 6.45) is 0. The predicted octanol–water partition coefficient (Wildman–Crippen LogP) is 10.0. The fourth-order valence-electron chi connectivity index (χ4n) is 6.40. The van der Waals surface area contributed by atoms with Crippen LogP contribution in [0.4, 0.5) is 0 Å². The highest BCUT2D eigenvalue weighted by Crippen LogP contribution is 2.37. The zero-order chi connectivity index (χ0) is 27.9. The highest BCUT2D eigenvalue weighted by atomic mass is 15.0. The average molecular weight is 539 g/mol. The molecule has 0 unspecified atom stereocenters. The summed E-state index contributed by atoms with van der Waals surface area (Å²) in [4.78, 5) is 0. The van der Waals surface area contributed by atoms with Crippen LogP contribution in [0, 0.1) is 0 Å². The van der Waals surface area contributed by atoms with Crippen molar-refractivity contribution in [1.29, 1.82) is 0 Å². The zero-order valence-electron chi connectivity index (χ0n) is 23.3. The van der Waals surface area contributed by atoms with E-state index in [0.717, 1.165) is 13.1 Å². The van der Waals surface area contributed by atoms with Gasteiger partial charge in [0.2, 0.25) is 0 Å². The molecular formula is C40H30N2. The first kappa shape index (κ1) is 24.6. The van der Waals surface area contributed by atoms with E-state index in [4.69, 9.17) is 0 Å². The van der Waals surface area contributed by atoms with E-state index in [9.17, 15) is 0 Å². The molecule has 2 heteroatoms. The Morgan fingerprint density at radius 2 is 1.07 bits per heavy atom. The Labute approximate surface area is 245 Å². The number of fused-ring (bicyclic) bond motifs is 5. The molecule has 0 saturated heterocycles. The van der Waals surface area contributed by atoms with Gasteiger partial charge in [0, 0.05) is 29.2 Å². The topological polar surface area (TPSA) is 17.0 Å². The van der Waals surface area contributed by atoms with E-state index in [1.165, 1.54) is 71.3 Å². The number of nitrogens with one attached hydrogen (secondary N) is 1. The minimum absolute atomic E-state index is 0.805. The maximum Gasteiger partial charge on any atom is 0.0547 e. The van der Waals surface area contributed by atoms with Crippen LogP contribution in [0.15, 0.2) is 152 Å². The molecule has 1 heterocycles. The van der Waals surface area contributed by atoms with Crippen molar-refractivity contribution in [3.8, 4) is 16.8 Å². The van der Waals surface area contributed by atoms with Crippen LogP contribution in [0.1, 0.15) is 11.1 Å². The minimum atomic E-state index is 0.805. The highest BCUT2D eigenvalue weighted by Gasteiger charge is 2.16. The van der Waals surface area contributed by atoms with Crippen molar-refractivity contribution in [3.05, 3.63) is 163 Å². The second-order valence-electron chi connectivity index (χ2n) is 11.0. The Morgan fingerprint density at radius 1 is 0.429 bits per heavy atom. The van der Waals surface area contributed by atoms with Gasteiger partial charge in [-0.25, -0.2) is 0 Å². The molecule has 0 amide bonds. The van der Waals surface area contributed by atoms with Crippen LogP contribution in [0.25, 0.3) is 60.2 Å². The van der Waals surface area contributed by atoms with E-state index >= 15 is 0 Å². The van der Waals surface area contributed by atoms with Crippen LogP contribution in [0.3, 0.4) is 0 Å². The summed E-state index contributed by atoms with van der Waals surface area (Å²) in [5.41, 5.74) is 8.78. The minimum Gasteiger partial charge on any atom is -0.309 e.